The summed E-state index contributed by atoms with van der Waals surface area (Å²) in [5.41, 5.74) is 1.56. The molecule has 2 aromatic carbocycles. The van der Waals surface area contributed by atoms with Crippen molar-refractivity contribution in [2.24, 2.45) is 0 Å². The number of carbonyl (C=O) groups excluding carboxylic acids is 1. The lowest BCUT2D eigenvalue weighted by molar-refractivity contribution is -0.133. The number of ether oxygens (including phenoxy) is 2. The summed E-state index contributed by atoms with van der Waals surface area (Å²) >= 11 is 0. The zero-order valence-electron chi connectivity index (χ0n) is 14.7. The van der Waals surface area contributed by atoms with Crippen LogP contribution in [0.2, 0.25) is 0 Å². The van der Waals surface area contributed by atoms with Crippen LogP contribution in [-0.4, -0.2) is 50.7 Å². The summed E-state index contributed by atoms with van der Waals surface area (Å²) < 4.78 is 10.9. The van der Waals surface area contributed by atoms with E-state index in [1.807, 2.05) is 24.3 Å². The van der Waals surface area contributed by atoms with Gasteiger partial charge in [0, 0.05) is 26.2 Å². The van der Waals surface area contributed by atoms with Gasteiger partial charge in [0.2, 0.25) is 0 Å². The first-order chi connectivity index (χ1) is 12.7. The summed E-state index contributed by atoms with van der Waals surface area (Å²) in [4.78, 5) is 16.4. The van der Waals surface area contributed by atoms with Crippen LogP contribution in [0.25, 0.3) is 0 Å². The zero-order chi connectivity index (χ0) is 18.4. The Hall–Kier alpha value is -3.20. The average Bonchev–Trinajstić information content (AvgIpc) is 2.72. The molecular weight excluding hydrogens is 330 g/mol. The minimum absolute atomic E-state index is 0.0243. The van der Waals surface area contributed by atoms with E-state index in [2.05, 4.69) is 11.0 Å². The molecule has 1 heterocycles. The van der Waals surface area contributed by atoms with Crippen LogP contribution in [-0.2, 0) is 4.79 Å². The summed E-state index contributed by atoms with van der Waals surface area (Å²) in [7, 11) is 1.66. The summed E-state index contributed by atoms with van der Waals surface area (Å²) in [6, 6.07) is 16.8. The number of rotatable bonds is 5. The largest absolute Gasteiger partial charge is 0.495 e. The molecular formula is C20H21N3O3. The Morgan fingerprint density at radius 3 is 2.62 bits per heavy atom. The summed E-state index contributed by atoms with van der Waals surface area (Å²) in [5.74, 6) is 1.32. The molecule has 0 radical (unpaired) electrons. The normalized spacial score (nSPS) is 13.8. The second-order valence-electron chi connectivity index (χ2n) is 5.97. The van der Waals surface area contributed by atoms with E-state index in [9.17, 15) is 4.79 Å². The molecule has 0 spiro atoms. The smallest absolute Gasteiger partial charge is 0.260 e. The fourth-order valence-corrected chi connectivity index (χ4v) is 2.98. The van der Waals surface area contributed by atoms with Crippen molar-refractivity contribution in [2.75, 3.05) is 44.8 Å². The van der Waals surface area contributed by atoms with Crippen LogP contribution in [0.15, 0.2) is 48.5 Å². The minimum atomic E-state index is -0.0490. The Morgan fingerprint density at radius 2 is 1.88 bits per heavy atom. The molecule has 2 aromatic rings. The lowest BCUT2D eigenvalue weighted by Crippen LogP contribution is -2.50. The summed E-state index contributed by atoms with van der Waals surface area (Å²) in [6.07, 6.45) is 0. The van der Waals surface area contributed by atoms with Crippen LogP contribution in [0.4, 0.5) is 5.69 Å². The van der Waals surface area contributed by atoms with Gasteiger partial charge < -0.3 is 19.3 Å². The molecule has 1 saturated heterocycles. The van der Waals surface area contributed by atoms with Crippen molar-refractivity contribution in [3.8, 4) is 17.6 Å². The first kappa shape index (κ1) is 17.6. The van der Waals surface area contributed by atoms with Crippen molar-refractivity contribution >= 4 is 11.6 Å². The maximum Gasteiger partial charge on any atom is 0.260 e. The lowest BCUT2D eigenvalue weighted by atomic mass is 10.2. The third-order valence-corrected chi connectivity index (χ3v) is 4.38. The van der Waals surface area contributed by atoms with Crippen LogP contribution in [0.1, 0.15) is 5.56 Å². The van der Waals surface area contributed by atoms with E-state index in [0.717, 1.165) is 24.5 Å². The third kappa shape index (κ3) is 4.06. The molecule has 0 atom stereocenters. The van der Waals surface area contributed by atoms with E-state index < -0.39 is 0 Å². The summed E-state index contributed by atoms with van der Waals surface area (Å²) in [6.45, 7) is 2.74. The standard InChI is InChI=1S/C20H21N3O3/c1-25-19-8-3-2-7-18(19)22-9-11-23(12-10-22)20(24)15-26-17-6-4-5-16(13-17)14-21/h2-8,13H,9-12,15H2,1H3. The predicted octanol–water partition coefficient (Wildman–Crippen LogP) is 2.29. The number of benzene rings is 2. The molecule has 134 valence electrons. The van der Waals surface area contributed by atoms with Crippen LogP contribution in [0.3, 0.4) is 0 Å². The van der Waals surface area contributed by atoms with Gasteiger partial charge >= 0.3 is 0 Å². The van der Waals surface area contributed by atoms with Gasteiger partial charge in [-0.3, -0.25) is 4.79 Å². The minimum Gasteiger partial charge on any atom is -0.495 e. The second kappa shape index (κ2) is 8.26. The topological polar surface area (TPSA) is 65.8 Å². The van der Waals surface area contributed by atoms with Gasteiger partial charge in [0.1, 0.15) is 11.5 Å². The number of piperazine rings is 1. The van der Waals surface area contributed by atoms with Crippen LogP contribution >= 0.6 is 0 Å². The maximum atomic E-state index is 12.4. The second-order valence-corrected chi connectivity index (χ2v) is 5.97. The highest BCUT2D eigenvalue weighted by atomic mass is 16.5. The SMILES string of the molecule is COc1ccccc1N1CCN(C(=O)COc2cccc(C#N)c2)CC1. The highest BCUT2D eigenvalue weighted by Gasteiger charge is 2.23. The molecule has 1 aliphatic rings. The maximum absolute atomic E-state index is 12.4. The number of nitriles is 1. The molecule has 0 aromatic heterocycles. The van der Waals surface area contributed by atoms with Crippen molar-refractivity contribution in [2.45, 2.75) is 0 Å². The van der Waals surface area contributed by atoms with E-state index in [-0.39, 0.29) is 12.5 Å². The molecule has 0 N–H and O–H groups in total. The molecule has 26 heavy (non-hydrogen) atoms. The van der Waals surface area contributed by atoms with Gasteiger partial charge in [-0.15, -0.1) is 0 Å². The number of para-hydroxylation sites is 2. The Kier molecular flexibility index (Phi) is 5.59. The summed E-state index contributed by atoms with van der Waals surface area (Å²) in [5, 5.41) is 8.91. The monoisotopic (exact) mass is 351 g/mol. The third-order valence-electron chi connectivity index (χ3n) is 4.38. The van der Waals surface area contributed by atoms with E-state index in [0.29, 0.717) is 24.4 Å². The lowest BCUT2D eigenvalue weighted by Gasteiger charge is -2.36. The van der Waals surface area contributed by atoms with Gasteiger partial charge in [-0.25, -0.2) is 0 Å². The highest BCUT2D eigenvalue weighted by Crippen LogP contribution is 2.28. The molecule has 6 heteroatoms. The molecule has 3 rings (SSSR count). The van der Waals surface area contributed by atoms with Gasteiger partial charge in [-0.1, -0.05) is 18.2 Å². The van der Waals surface area contributed by atoms with Crippen molar-refractivity contribution in [3.63, 3.8) is 0 Å². The Labute approximate surface area is 153 Å². The zero-order valence-corrected chi connectivity index (χ0v) is 14.7. The van der Waals surface area contributed by atoms with Crippen molar-refractivity contribution in [1.29, 1.82) is 5.26 Å². The molecule has 1 aliphatic heterocycles. The fraction of sp³-hybridized carbons (Fsp3) is 0.300. The Morgan fingerprint density at radius 1 is 1.12 bits per heavy atom. The number of hydrogen-bond acceptors (Lipinski definition) is 5. The van der Waals surface area contributed by atoms with E-state index in [1.54, 1.807) is 36.3 Å². The number of anilines is 1. The van der Waals surface area contributed by atoms with Crippen molar-refractivity contribution in [3.05, 3.63) is 54.1 Å². The van der Waals surface area contributed by atoms with Gasteiger partial charge in [0.15, 0.2) is 6.61 Å². The van der Waals surface area contributed by atoms with Gasteiger partial charge in [-0.2, -0.15) is 5.26 Å². The van der Waals surface area contributed by atoms with Crippen molar-refractivity contribution in [1.82, 2.24) is 4.90 Å². The van der Waals surface area contributed by atoms with Gasteiger partial charge in [-0.05, 0) is 30.3 Å². The van der Waals surface area contributed by atoms with E-state index in [4.69, 9.17) is 14.7 Å². The van der Waals surface area contributed by atoms with Gasteiger partial charge in [0.05, 0.1) is 24.4 Å². The van der Waals surface area contributed by atoms with E-state index >= 15 is 0 Å². The van der Waals surface area contributed by atoms with E-state index in [1.165, 1.54) is 0 Å². The molecule has 1 amide bonds. The van der Waals surface area contributed by atoms with Crippen LogP contribution in [0.5, 0.6) is 11.5 Å². The Bertz CT molecular complexity index is 808. The number of nitrogens with zero attached hydrogens (tertiary/aromatic N) is 3. The van der Waals surface area contributed by atoms with Crippen LogP contribution < -0.4 is 14.4 Å². The fourth-order valence-electron chi connectivity index (χ4n) is 2.98. The molecule has 0 unspecified atom stereocenters. The molecule has 0 aliphatic carbocycles. The van der Waals surface area contributed by atoms with Crippen LogP contribution in [0, 0.1) is 11.3 Å². The molecule has 0 bridgehead atoms. The Balaban J connectivity index is 1.53. The number of amides is 1. The first-order valence-electron chi connectivity index (χ1n) is 8.50. The average molecular weight is 351 g/mol. The first-order valence-corrected chi connectivity index (χ1v) is 8.50. The quantitative estimate of drug-likeness (QED) is 0.827. The highest BCUT2D eigenvalue weighted by molar-refractivity contribution is 5.78. The predicted molar refractivity (Wildman–Crippen MR) is 98.4 cm³/mol. The molecule has 0 saturated carbocycles. The van der Waals surface area contributed by atoms with Crippen molar-refractivity contribution < 1.29 is 14.3 Å². The van der Waals surface area contributed by atoms with Gasteiger partial charge in [0.25, 0.3) is 5.91 Å². The number of hydrogen-bond donors (Lipinski definition) is 0. The molecule has 1 fully saturated rings. The number of methoxy groups -OCH3 is 1. The number of carbonyl (C=O) groups is 1. The molecule has 6 nitrogen and oxygen atoms in total.